The van der Waals surface area contributed by atoms with Gasteiger partial charge in [0.1, 0.15) is 0 Å². The first kappa shape index (κ1) is 12.8. The van der Waals surface area contributed by atoms with Gasteiger partial charge in [0.15, 0.2) is 11.5 Å². The fourth-order valence-electron chi connectivity index (χ4n) is 1.82. The Balaban J connectivity index is 1.85. The Hall–Kier alpha value is -2.25. The highest BCUT2D eigenvalue weighted by Gasteiger charge is 2.12. The molecule has 1 aliphatic rings. The van der Waals surface area contributed by atoms with E-state index >= 15 is 0 Å². The summed E-state index contributed by atoms with van der Waals surface area (Å²) in [7, 11) is 0. The molecule has 0 radical (unpaired) electrons. The van der Waals surface area contributed by atoms with Crippen molar-refractivity contribution < 1.29 is 14.3 Å². The van der Waals surface area contributed by atoms with Gasteiger partial charge in [0.25, 0.3) is 0 Å². The van der Waals surface area contributed by atoms with Gasteiger partial charge in [-0.25, -0.2) is 0 Å². The van der Waals surface area contributed by atoms with E-state index in [1.165, 1.54) is 0 Å². The summed E-state index contributed by atoms with van der Waals surface area (Å²) >= 11 is 3.34. The quantitative estimate of drug-likeness (QED) is 0.594. The minimum atomic E-state index is -0.227. The number of rotatable bonds is 1. The molecule has 2 aromatic carbocycles. The first-order valence-electron chi connectivity index (χ1n) is 5.94. The normalized spacial score (nSPS) is 11.7. The lowest BCUT2D eigenvalue weighted by atomic mass is 10.1. The molecule has 0 saturated carbocycles. The molecule has 0 N–H and O–H groups in total. The van der Waals surface area contributed by atoms with E-state index < -0.39 is 0 Å². The van der Waals surface area contributed by atoms with Crippen molar-refractivity contribution in [2.24, 2.45) is 0 Å². The second-order valence-electron chi connectivity index (χ2n) is 4.13. The van der Waals surface area contributed by atoms with E-state index in [0.717, 1.165) is 10.0 Å². The van der Waals surface area contributed by atoms with Crippen LogP contribution in [-0.4, -0.2) is 12.6 Å². The van der Waals surface area contributed by atoms with Crippen LogP contribution < -0.4 is 9.47 Å². The molecule has 0 atom stereocenters. The third kappa shape index (κ3) is 2.54. The van der Waals surface area contributed by atoms with E-state index in [0.29, 0.717) is 17.1 Å². The SMILES string of the molecule is O=C(C#Cc1ccc2c(c1)OCO2)c1ccccc1Br. The van der Waals surface area contributed by atoms with E-state index in [9.17, 15) is 4.79 Å². The van der Waals surface area contributed by atoms with Crippen LogP contribution in [0, 0.1) is 11.8 Å². The van der Waals surface area contributed by atoms with E-state index in [-0.39, 0.29) is 12.6 Å². The monoisotopic (exact) mass is 328 g/mol. The van der Waals surface area contributed by atoms with Crippen molar-refractivity contribution >= 4 is 21.7 Å². The van der Waals surface area contributed by atoms with Crippen LogP contribution in [0.5, 0.6) is 11.5 Å². The molecule has 3 rings (SSSR count). The summed E-state index contributed by atoms with van der Waals surface area (Å²) in [4.78, 5) is 12.0. The maximum absolute atomic E-state index is 12.0. The Labute approximate surface area is 124 Å². The molecule has 0 spiro atoms. The summed E-state index contributed by atoms with van der Waals surface area (Å²) in [5.74, 6) is 6.61. The minimum absolute atomic E-state index is 0.224. The molecular weight excluding hydrogens is 320 g/mol. The number of ether oxygens (including phenoxy) is 2. The fraction of sp³-hybridized carbons (Fsp3) is 0.0625. The topological polar surface area (TPSA) is 35.5 Å². The number of Topliss-reactive ketones (excluding diaryl/α,β-unsaturated/α-hetero) is 1. The van der Waals surface area contributed by atoms with Crippen LogP contribution in [0.4, 0.5) is 0 Å². The third-order valence-corrected chi connectivity index (χ3v) is 3.50. The molecule has 0 bridgehead atoms. The summed E-state index contributed by atoms with van der Waals surface area (Å²) in [6, 6.07) is 12.6. The van der Waals surface area contributed by atoms with E-state index in [1.807, 2.05) is 12.1 Å². The van der Waals surface area contributed by atoms with Crippen molar-refractivity contribution in [2.45, 2.75) is 0 Å². The van der Waals surface area contributed by atoms with Gasteiger partial charge < -0.3 is 9.47 Å². The van der Waals surface area contributed by atoms with E-state index in [4.69, 9.17) is 9.47 Å². The molecule has 0 fully saturated rings. The average Bonchev–Trinajstić information content (AvgIpc) is 2.92. The molecule has 0 amide bonds. The Morgan fingerprint density at radius 3 is 2.75 bits per heavy atom. The molecule has 0 aromatic heterocycles. The zero-order valence-electron chi connectivity index (χ0n) is 10.4. The number of hydrogen-bond acceptors (Lipinski definition) is 3. The predicted octanol–water partition coefficient (Wildman–Crippen LogP) is 3.41. The molecule has 0 saturated heterocycles. The first-order chi connectivity index (χ1) is 9.74. The fourth-order valence-corrected chi connectivity index (χ4v) is 2.28. The Kier molecular flexibility index (Phi) is 3.44. The summed E-state index contributed by atoms with van der Waals surface area (Å²) < 4.78 is 11.2. The second-order valence-corrected chi connectivity index (χ2v) is 4.98. The number of halogens is 1. The van der Waals surface area contributed by atoms with Gasteiger partial charge in [-0.05, 0) is 36.3 Å². The van der Waals surface area contributed by atoms with Gasteiger partial charge in [0.05, 0.1) is 0 Å². The number of fused-ring (bicyclic) bond motifs is 1. The summed E-state index contributed by atoms with van der Waals surface area (Å²) in [6.07, 6.45) is 0. The Morgan fingerprint density at radius 2 is 1.90 bits per heavy atom. The van der Waals surface area contributed by atoms with Gasteiger partial charge in [-0.15, -0.1) is 0 Å². The number of carbonyl (C=O) groups excluding carboxylic acids is 1. The van der Waals surface area contributed by atoms with Crippen molar-refractivity contribution in [1.29, 1.82) is 0 Å². The summed E-state index contributed by atoms with van der Waals surface area (Å²) in [5, 5.41) is 0. The van der Waals surface area contributed by atoms with Crippen molar-refractivity contribution in [1.82, 2.24) is 0 Å². The molecule has 98 valence electrons. The first-order valence-corrected chi connectivity index (χ1v) is 6.74. The smallest absolute Gasteiger partial charge is 0.237 e. The third-order valence-electron chi connectivity index (χ3n) is 2.81. The molecule has 3 nitrogen and oxygen atoms in total. The lowest BCUT2D eigenvalue weighted by Crippen LogP contribution is -1.95. The molecule has 2 aromatic rings. The summed E-state index contributed by atoms with van der Waals surface area (Å²) in [6.45, 7) is 0.224. The lowest BCUT2D eigenvalue weighted by molar-refractivity contribution is 0.105. The molecule has 1 aliphatic heterocycles. The van der Waals surface area contributed by atoms with Crippen LogP contribution in [-0.2, 0) is 0 Å². The van der Waals surface area contributed by atoms with Crippen LogP contribution in [0.25, 0.3) is 0 Å². The molecule has 20 heavy (non-hydrogen) atoms. The van der Waals surface area contributed by atoms with Gasteiger partial charge in [-0.1, -0.05) is 34.0 Å². The Bertz CT molecular complexity index is 741. The van der Waals surface area contributed by atoms with Gasteiger partial charge in [0, 0.05) is 15.6 Å². The largest absolute Gasteiger partial charge is 0.454 e. The van der Waals surface area contributed by atoms with Gasteiger partial charge >= 0.3 is 0 Å². The number of hydrogen-bond donors (Lipinski definition) is 0. The molecule has 4 heteroatoms. The van der Waals surface area contributed by atoms with Crippen LogP contribution in [0.2, 0.25) is 0 Å². The molecule has 1 heterocycles. The van der Waals surface area contributed by atoms with Gasteiger partial charge in [-0.3, -0.25) is 4.79 Å². The van der Waals surface area contributed by atoms with Gasteiger partial charge in [0.2, 0.25) is 12.6 Å². The van der Waals surface area contributed by atoms with E-state index in [1.54, 1.807) is 30.3 Å². The number of benzene rings is 2. The van der Waals surface area contributed by atoms with Gasteiger partial charge in [-0.2, -0.15) is 0 Å². The van der Waals surface area contributed by atoms with E-state index in [2.05, 4.69) is 27.8 Å². The number of ketones is 1. The Morgan fingerprint density at radius 1 is 1.10 bits per heavy atom. The van der Waals surface area contributed by atoms with Crippen molar-refractivity contribution in [3.63, 3.8) is 0 Å². The minimum Gasteiger partial charge on any atom is -0.454 e. The zero-order valence-corrected chi connectivity index (χ0v) is 11.9. The highest BCUT2D eigenvalue weighted by molar-refractivity contribution is 9.10. The van der Waals surface area contributed by atoms with Crippen molar-refractivity contribution in [3.05, 3.63) is 58.1 Å². The average molecular weight is 329 g/mol. The van der Waals surface area contributed by atoms with Crippen molar-refractivity contribution in [2.75, 3.05) is 6.79 Å². The van der Waals surface area contributed by atoms with Crippen LogP contribution in [0.3, 0.4) is 0 Å². The predicted molar refractivity (Wildman–Crippen MR) is 77.9 cm³/mol. The second kappa shape index (κ2) is 5.40. The molecule has 0 aliphatic carbocycles. The lowest BCUT2D eigenvalue weighted by Gasteiger charge is -1.97. The summed E-state index contributed by atoms with van der Waals surface area (Å²) in [5.41, 5.74) is 1.27. The van der Waals surface area contributed by atoms with Crippen LogP contribution in [0.15, 0.2) is 46.9 Å². The highest BCUT2D eigenvalue weighted by atomic mass is 79.9. The molecular formula is C16H9BrO3. The zero-order chi connectivity index (χ0) is 13.9. The van der Waals surface area contributed by atoms with Crippen LogP contribution >= 0.6 is 15.9 Å². The maximum atomic E-state index is 12.0. The van der Waals surface area contributed by atoms with Crippen molar-refractivity contribution in [3.8, 4) is 23.3 Å². The molecule has 0 unspecified atom stereocenters. The highest BCUT2D eigenvalue weighted by Crippen LogP contribution is 2.32. The standard InChI is InChI=1S/C16H9BrO3/c17-13-4-2-1-3-12(13)14(18)7-5-11-6-8-15-16(9-11)20-10-19-15/h1-4,6,8-9H,10H2. The maximum Gasteiger partial charge on any atom is 0.237 e. The van der Waals surface area contributed by atoms with Crippen LogP contribution in [0.1, 0.15) is 15.9 Å². The number of carbonyl (C=O) groups is 1.